The zero-order valence-electron chi connectivity index (χ0n) is 8.83. The second kappa shape index (κ2) is 4.70. The molecule has 6 nitrogen and oxygen atoms in total. The highest BCUT2D eigenvalue weighted by atomic mass is 16.5. The van der Waals surface area contributed by atoms with Crippen LogP contribution >= 0.6 is 0 Å². The van der Waals surface area contributed by atoms with Crippen LogP contribution in [0.4, 0.5) is 0 Å². The Morgan fingerprint density at radius 1 is 1.50 bits per heavy atom. The van der Waals surface area contributed by atoms with E-state index in [1.54, 1.807) is 13.8 Å². The first-order valence-corrected chi connectivity index (χ1v) is 4.49. The van der Waals surface area contributed by atoms with Crippen molar-refractivity contribution in [3.8, 4) is 0 Å². The highest BCUT2D eigenvalue weighted by Crippen LogP contribution is 2.35. The number of hydrogen-bond acceptors (Lipinski definition) is 5. The molecule has 0 amide bonds. The van der Waals surface area contributed by atoms with Crippen LogP contribution in [0.5, 0.6) is 0 Å². The molecule has 14 heavy (non-hydrogen) atoms. The smallest absolute Gasteiger partial charge is 0.315 e. The number of hydrogen-bond donors (Lipinski definition) is 4. The molecule has 0 saturated carbocycles. The number of ether oxygens (including phenoxy) is 1. The molecule has 0 fully saturated rings. The van der Waals surface area contributed by atoms with Gasteiger partial charge < -0.3 is 9.84 Å². The molecular weight excluding hydrogens is 186 g/mol. The number of nitrogens with two attached hydrogens (primary N) is 2. The summed E-state index contributed by atoms with van der Waals surface area (Å²) in [4.78, 5) is 11.2. The Morgan fingerprint density at radius 3 is 2.00 bits per heavy atom. The molecule has 0 aliphatic heterocycles. The number of carbonyl (C=O) groups is 1. The molecule has 0 aliphatic carbocycles. The molecule has 0 aromatic rings. The average Bonchev–Trinajstić information content (AvgIpc) is 2.19. The van der Waals surface area contributed by atoms with E-state index in [4.69, 9.17) is 21.4 Å². The quantitative estimate of drug-likeness (QED) is 0.267. The fraction of sp³-hybridized carbons (Fsp3) is 0.875. The van der Waals surface area contributed by atoms with Crippen LogP contribution < -0.4 is 17.0 Å². The predicted octanol–water partition coefficient (Wildman–Crippen LogP) is -0.400. The fourth-order valence-corrected chi connectivity index (χ4v) is 1.63. The van der Waals surface area contributed by atoms with Crippen molar-refractivity contribution in [1.82, 2.24) is 5.43 Å². The highest BCUT2D eigenvalue weighted by Gasteiger charge is 2.53. The van der Waals surface area contributed by atoms with E-state index in [1.165, 1.54) is 7.11 Å². The second-order valence-corrected chi connectivity index (χ2v) is 3.18. The molecule has 0 heterocycles. The largest absolute Gasteiger partial charge is 0.481 e. The minimum atomic E-state index is -1.55. The molecule has 84 valence electrons. The molecule has 1 atom stereocenters. The Morgan fingerprint density at radius 2 is 1.93 bits per heavy atom. The monoisotopic (exact) mass is 205 g/mol. The molecule has 6 heteroatoms. The van der Waals surface area contributed by atoms with Crippen molar-refractivity contribution in [2.24, 2.45) is 17.0 Å². The van der Waals surface area contributed by atoms with Crippen LogP contribution in [-0.2, 0) is 9.53 Å². The van der Waals surface area contributed by atoms with Gasteiger partial charge in [0.15, 0.2) is 0 Å². The Balaban J connectivity index is 5.25. The van der Waals surface area contributed by atoms with Gasteiger partial charge in [-0.1, -0.05) is 13.8 Å². The van der Waals surface area contributed by atoms with E-state index >= 15 is 0 Å². The number of hydrazine groups is 1. The lowest BCUT2D eigenvalue weighted by molar-refractivity contribution is -0.184. The number of methoxy groups -OCH3 is 1. The lowest BCUT2D eigenvalue weighted by atomic mass is 9.77. The van der Waals surface area contributed by atoms with E-state index in [9.17, 15) is 4.79 Å². The van der Waals surface area contributed by atoms with Crippen molar-refractivity contribution in [2.45, 2.75) is 32.5 Å². The maximum atomic E-state index is 11.2. The Labute approximate surface area is 83.6 Å². The first-order chi connectivity index (χ1) is 6.44. The summed E-state index contributed by atoms with van der Waals surface area (Å²) < 4.78 is 4.96. The van der Waals surface area contributed by atoms with Gasteiger partial charge in [-0.25, -0.2) is 5.43 Å². The summed E-state index contributed by atoms with van der Waals surface area (Å²) in [5.41, 5.74) is 6.76. The third kappa shape index (κ3) is 1.74. The fourth-order valence-electron chi connectivity index (χ4n) is 1.63. The van der Waals surface area contributed by atoms with Gasteiger partial charge in [0.25, 0.3) is 0 Å². The molecule has 0 aromatic carbocycles. The summed E-state index contributed by atoms with van der Waals surface area (Å²) >= 11 is 0. The number of aliphatic carboxylic acids is 1. The van der Waals surface area contributed by atoms with Crippen LogP contribution in [0.1, 0.15) is 26.7 Å². The molecule has 0 bridgehead atoms. The van der Waals surface area contributed by atoms with Gasteiger partial charge in [0.1, 0.15) is 5.41 Å². The van der Waals surface area contributed by atoms with Crippen LogP contribution in [0.3, 0.4) is 0 Å². The maximum absolute atomic E-state index is 11.2. The Bertz CT molecular complexity index is 200. The summed E-state index contributed by atoms with van der Waals surface area (Å²) in [6.07, 6.45) is 0.654. The summed E-state index contributed by atoms with van der Waals surface area (Å²) in [5, 5.41) is 9.17. The first-order valence-electron chi connectivity index (χ1n) is 4.49. The van der Waals surface area contributed by atoms with Crippen LogP contribution in [0.15, 0.2) is 0 Å². The molecule has 6 N–H and O–H groups in total. The van der Waals surface area contributed by atoms with Gasteiger partial charge in [0, 0.05) is 7.11 Å². The van der Waals surface area contributed by atoms with E-state index in [1.807, 2.05) is 0 Å². The molecule has 0 saturated heterocycles. The normalized spacial score (nSPS) is 16.4. The number of rotatable bonds is 6. The number of nitrogens with one attached hydrogen (secondary N) is 1. The molecule has 0 radical (unpaired) electrons. The Kier molecular flexibility index (Phi) is 4.47. The zero-order chi connectivity index (χ0) is 11.4. The molecule has 1 unspecified atom stereocenters. The van der Waals surface area contributed by atoms with E-state index < -0.39 is 17.2 Å². The number of carboxylic acid groups (broad SMARTS) is 1. The van der Waals surface area contributed by atoms with Gasteiger partial charge in [0.2, 0.25) is 5.85 Å². The van der Waals surface area contributed by atoms with Crippen LogP contribution in [0.25, 0.3) is 0 Å². The van der Waals surface area contributed by atoms with Crippen molar-refractivity contribution in [3.63, 3.8) is 0 Å². The van der Waals surface area contributed by atoms with Crippen molar-refractivity contribution < 1.29 is 14.6 Å². The third-order valence-electron chi connectivity index (χ3n) is 2.86. The van der Waals surface area contributed by atoms with Gasteiger partial charge >= 0.3 is 5.97 Å². The average molecular weight is 205 g/mol. The van der Waals surface area contributed by atoms with Gasteiger partial charge in [-0.05, 0) is 12.8 Å². The summed E-state index contributed by atoms with van der Waals surface area (Å²) in [6.45, 7) is 3.46. The number of carboxylic acids is 1. The topological polar surface area (TPSA) is 111 Å². The minimum absolute atomic E-state index is 0.327. The van der Waals surface area contributed by atoms with Crippen LogP contribution in [-0.4, -0.2) is 24.0 Å². The van der Waals surface area contributed by atoms with Crippen molar-refractivity contribution in [1.29, 1.82) is 0 Å². The summed E-state index contributed by atoms with van der Waals surface area (Å²) in [5.74, 6) is 2.65. The predicted molar refractivity (Wildman–Crippen MR) is 51.9 cm³/mol. The van der Waals surface area contributed by atoms with Crippen molar-refractivity contribution in [2.75, 3.05) is 7.11 Å². The van der Waals surface area contributed by atoms with E-state index in [-0.39, 0.29) is 0 Å². The zero-order valence-corrected chi connectivity index (χ0v) is 8.83. The van der Waals surface area contributed by atoms with Crippen LogP contribution in [0.2, 0.25) is 0 Å². The molecule has 0 spiro atoms. The highest BCUT2D eigenvalue weighted by molar-refractivity contribution is 5.76. The molecule has 0 rings (SSSR count). The van der Waals surface area contributed by atoms with Gasteiger partial charge in [0.05, 0.1) is 0 Å². The lowest BCUT2D eigenvalue weighted by Gasteiger charge is -2.42. The van der Waals surface area contributed by atoms with Crippen molar-refractivity contribution in [3.05, 3.63) is 0 Å². The molecular formula is C8H19N3O3. The lowest BCUT2D eigenvalue weighted by Crippen LogP contribution is -2.70. The van der Waals surface area contributed by atoms with E-state index in [2.05, 4.69) is 5.43 Å². The van der Waals surface area contributed by atoms with Gasteiger partial charge in [-0.15, -0.1) is 0 Å². The standard InChI is InChI=1S/C8H19N3O3/c1-4-7(5-2,6(12)13)8(9,11-10)14-3/h11H,4-5,9-10H2,1-3H3,(H,12,13). The molecule has 0 aliphatic rings. The maximum Gasteiger partial charge on any atom is 0.315 e. The minimum Gasteiger partial charge on any atom is -0.481 e. The summed E-state index contributed by atoms with van der Waals surface area (Å²) in [7, 11) is 1.32. The van der Waals surface area contributed by atoms with Gasteiger partial charge in [-0.3, -0.25) is 16.4 Å². The summed E-state index contributed by atoms with van der Waals surface area (Å²) in [6, 6.07) is 0. The third-order valence-corrected chi connectivity index (χ3v) is 2.86. The second-order valence-electron chi connectivity index (χ2n) is 3.18. The van der Waals surface area contributed by atoms with E-state index in [0.29, 0.717) is 12.8 Å². The van der Waals surface area contributed by atoms with Crippen molar-refractivity contribution >= 4 is 5.97 Å². The first kappa shape index (κ1) is 13.3. The Hall–Kier alpha value is -0.690. The van der Waals surface area contributed by atoms with E-state index in [0.717, 1.165) is 0 Å². The molecule has 0 aromatic heterocycles. The SMILES string of the molecule is CCC(CC)(C(=O)O)C(N)(NN)OC. The van der Waals surface area contributed by atoms with Crippen LogP contribution in [0, 0.1) is 5.41 Å². The van der Waals surface area contributed by atoms with Gasteiger partial charge in [-0.2, -0.15) is 0 Å².